The van der Waals surface area contributed by atoms with E-state index in [2.05, 4.69) is 32.7 Å². The number of nitrogens with two attached hydrogens (primary N) is 1. The van der Waals surface area contributed by atoms with E-state index in [1.54, 1.807) is 0 Å². The van der Waals surface area contributed by atoms with E-state index < -0.39 is 0 Å². The fourth-order valence-corrected chi connectivity index (χ4v) is 2.33. The van der Waals surface area contributed by atoms with Crippen LogP contribution >= 0.6 is 0 Å². The molecular formula is C12H26N2O. The van der Waals surface area contributed by atoms with Crippen LogP contribution in [0.2, 0.25) is 0 Å². The normalized spacial score (nSPS) is 21.8. The fraction of sp³-hybridized carbons (Fsp3) is 1.00. The molecule has 1 unspecified atom stereocenters. The van der Waals surface area contributed by atoms with Gasteiger partial charge in [0.2, 0.25) is 0 Å². The van der Waals surface area contributed by atoms with E-state index in [0.29, 0.717) is 5.92 Å². The van der Waals surface area contributed by atoms with Gasteiger partial charge in [0, 0.05) is 13.1 Å². The molecule has 1 saturated carbocycles. The molecule has 1 rings (SSSR count). The fourth-order valence-electron chi connectivity index (χ4n) is 2.33. The van der Waals surface area contributed by atoms with Gasteiger partial charge in [0.1, 0.15) is 0 Å². The monoisotopic (exact) mass is 214 g/mol. The van der Waals surface area contributed by atoms with Crippen molar-refractivity contribution in [1.29, 1.82) is 0 Å². The Bertz CT molecular complexity index is 208. The number of hydrogen-bond acceptors (Lipinski definition) is 3. The Hall–Kier alpha value is -0.120. The second-order valence-corrected chi connectivity index (χ2v) is 6.40. The van der Waals surface area contributed by atoms with Crippen molar-refractivity contribution in [2.24, 2.45) is 17.1 Å². The summed E-state index contributed by atoms with van der Waals surface area (Å²) in [6.07, 6.45) is 2.36. The smallest absolute Gasteiger partial charge is 0.0626 e. The second kappa shape index (κ2) is 4.40. The first-order valence-electron chi connectivity index (χ1n) is 5.85. The van der Waals surface area contributed by atoms with Crippen LogP contribution in [0.5, 0.6) is 0 Å². The van der Waals surface area contributed by atoms with Gasteiger partial charge in [0.15, 0.2) is 0 Å². The van der Waals surface area contributed by atoms with Crippen molar-refractivity contribution < 1.29 is 5.11 Å². The van der Waals surface area contributed by atoms with E-state index in [0.717, 1.165) is 13.1 Å². The molecule has 1 aliphatic carbocycles. The maximum Gasteiger partial charge on any atom is 0.0626 e. The van der Waals surface area contributed by atoms with Gasteiger partial charge in [-0.15, -0.1) is 0 Å². The van der Waals surface area contributed by atoms with Gasteiger partial charge in [-0.25, -0.2) is 0 Å². The van der Waals surface area contributed by atoms with Crippen LogP contribution in [-0.4, -0.2) is 42.3 Å². The molecule has 0 aromatic rings. The van der Waals surface area contributed by atoms with Gasteiger partial charge in [-0.2, -0.15) is 0 Å². The van der Waals surface area contributed by atoms with E-state index in [-0.39, 0.29) is 17.6 Å². The summed E-state index contributed by atoms with van der Waals surface area (Å²) >= 11 is 0. The lowest BCUT2D eigenvalue weighted by atomic mass is 9.92. The average Bonchev–Trinajstić information content (AvgIpc) is 2.81. The molecule has 0 amide bonds. The standard InChI is InChI=1S/C12H26N2O/c1-11(2,3)7-14(4)8-12(13,9-15)10-5-6-10/h10,15H,5-9,13H2,1-4H3. The zero-order valence-electron chi connectivity index (χ0n) is 10.6. The summed E-state index contributed by atoms with van der Waals surface area (Å²) in [6.45, 7) is 8.57. The molecular weight excluding hydrogens is 188 g/mol. The largest absolute Gasteiger partial charge is 0.394 e. The molecule has 15 heavy (non-hydrogen) atoms. The number of aliphatic hydroxyl groups is 1. The first-order valence-corrected chi connectivity index (χ1v) is 5.85. The lowest BCUT2D eigenvalue weighted by Gasteiger charge is -2.35. The van der Waals surface area contributed by atoms with Crippen LogP contribution in [0.4, 0.5) is 0 Å². The van der Waals surface area contributed by atoms with Gasteiger partial charge in [0.05, 0.1) is 12.1 Å². The van der Waals surface area contributed by atoms with Crippen molar-refractivity contribution in [3.05, 3.63) is 0 Å². The highest BCUT2D eigenvalue weighted by molar-refractivity contribution is 5.00. The van der Waals surface area contributed by atoms with Crippen LogP contribution < -0.4 is 5.73 Å². The summed E-state index contributed by atoms with van der Waals surface area (Å²) in [7, 11) is 2.09. The predicted molar refractivity (Wildman–Crippen MR) is 63.7 cm³/mol. The quantitative estimate of drug-likeness (QED) is 0.719. The SMILES string of the molecule is CN(CC(C)(C)C)CC(N)(CO)C1CC1. The molecule has 1 aliphatic rings. The van der Waals surface area contributed by atoms with Crippen LogP contribution in [0.3, 0.4) is 0 Å². The Morgan fingerprint density at radius 1 is 1.27 bits per heavy atom. The van der Waals surface area contributed by atoms with Crippen molar-refractivity contribution >= 4 is 0 Å². The predicted octanol–water partition coefficient (Wildman–Crippen LogP) is 1.06. The topological polar surface area (TPSA) is 49.5 Å². The molecule has 0 aliphatic heterocycles. The molecule has 3 heteroatoms. The second-order valence-electron chi connectivity index (χ2n) is 6.40. The minimum absolute atomic E-state index is 0.103. The van der Waals surface area contributed by atoms with Crippen LogP contribution in [0, 0.1) is 11.3 Å². The minimum atomic E-state index is -0.375. The number of nitrogens with zero attached hydrogens (tertiary/aromatic N) is 1. The van der Waals surface area contributed by atoms with Crippen molar-refractivity contribution in [1.82, 2.24) is 4.90 Å². The van der Waals surface area contributed by atoms with Crippen LogP contribution in [0.25, 0.3) is 0 Å². The van der Waals surface area contributed by atoms with Gasteiger partial charge < -0.3 is 15.7 Å². The lowest BCUT2D eigenvalue weighted by Crippen LogP contribution is -2.55. The van der Waals surface area contributed by atoms with Gasteiger partial charge in [-0.3, -0.25) is 0 Å². The van der Waals surface area contributed by atoms with E-state index in [1.165, 1.54) is 12.8 Å². The van der Waals surface area contributed by atoms with Gasteiger partial charge in [0.25, 0.3) is 0 Å². The van der Waals surface area contributed by atoms with Gasteiger partial charge in [-0.05, 0) is 31.2 Å². The molecule has 0 saturated heterocycles. The van der Waals surface area contributed by atoms with E-state index in [9.17, 15) is 5.11 Å². The highest BCUT2D eigenvalue weighted by Gasteiger charge is 2.42. The molecule has 0 spiro atoms. The van der Waals surface area contributed by atoms with Crippen molar-refractivity contribution in [2.45, 2.75) is 39.2 Å². The van der Waals surface area contributed by atoms with E-state index in [1.807, 2.05) is 0 Å². The molecule has 0 aromatic heterocycles. The molecule has 0 heterocycles. The summed E-state index contributed by atoms with van der Waals surface area (Å²) in [6, 6.07) is 0. The van der Waals surface area contributed by atoms with Gasteiger partial charge >= 0.3 is 0 Å². The number of rotatable bonds is 5. The van der Waals surface area contributed by atoms with Crippen molar-refractivity contribution in [3.8, 4) is 0 Å². The Kier molecular flexibility index (Phi) is 3.80. The zero-order chi connectivity index (χ0) is 11.7. The first kappa shape index (κ1) is 12.9. The highest BCUT2D eigenvalue weighted by Crippen LogP contribution is 2.38. The third-order valence-corrected chi connectivity index (χ3v) is 2.99. The third-order valence-electron chi connectivity index (χ3n) is 2.99. The zero-order valence-corrected chi connectivity index (χ0v) is 10.6. The number of likely N-dealkylation sites (N-methyl/N-ethyl adjacent to an activating group) is 1. The summed E-state index contributed by atoms with van der Waals surface area (Å²) in [5.41, 5.74) is 6.14. The summed E-state index contributed by atoms with van der Waals surface area (Å²) in [5, 5.41) is 9.39. The van der Waals surface area contributed by atoms with Crippen molar-refractivity contribution in [2.75, 3.05) is 26.7 Å². The Labute approximate surface area is 93.6 Å². The molecule has 90 valence electrons. The molecule has 0 radical (unpaired) electrons. The Balaban J connectivity index is 2.44. The van der Waals surface area contributed by atoms with Crippen LogP contribution in [-0.2, 0) is 0 Å². The average molecular weight is 214 g/mol. The summed E-state index contributed by atoms with van der Waals surface area (Å²) in [5.74, 6) is 0.532. The first-order chi connectivity index (χ1) is 6.77. The van der Waals surface area contributed by atoms with E-state index >= 15 is 0 Å². The third kappa shape index (κ3) is 4.09. The maximum atomic E-state index is 9.39. The number of aliphatic hydroxyl groups excluding tert-OH is 1. The molecule has 0 aromatic carbocycles. The maximum absolute atomic E-state index is 9.39. The molecule has 0 bridgehead atoms. The Morgan fingerprint density at radius 3 is 2.13 bits per heavy atom. The highest BCUT2D eigenvalue weighted by atomic mass is 16.3. The molecule has 1 fully saturated rings. The summed E-state index contributed by atoms with van der Waals surface area (Å²) < 4.78 is 0. The van der Waals surface area contributed by atoms with Crippen molar-refractivity contribution in [3.63, 3.8) is 0 Å². The molecule has 3 N–H and O–H groups in total. The Morgan fingerprint density at radius 2 is 1.80 bits per heavy atom. The molecule has 3 nitrogen and oxygen atoms in total. The van der Waals surface area contributed by atoms with Crippen LogP contribution in [0.15, 0.2) is 0 Å². The molecule has 1 atom stereocenters. The lowest BCUT2D eigenvalue weighted by molar-refractivity contribution is 0.115. The van der Waals surface area contributed by atoms with Crippen LogP contribution in [0.1, 0.15) is 33.6 Å². The summed E-state index contributed by atoms with van der Waals surface area (Å²) in [4.78, 5) is 2.24. The number of hydrogen-bond donors (Lipinski definition) is 2. The minimum Gasteiger partial charge on any atom is -0.394 e. The van der Waals surface area contributed by atoms with E-state index in [4.69, 9.17) is 5.73 Å². The van der Waals surface area contributed by atoms with Gasteiger partial charge in [-0.1, -0.05) is 20.8 Å².